The summed E-state index contributed by atoms with van der Waals surface area (Å²) in [6.45, 7) is 6.93. The molecule has 0 radical (unpaired) electrons. The number of hydrogen-bond acceptors (Lipinski definition) is 6. The normalized spacial score (nSPS) is 18.9. The second-order valence-corrected chi connectivity index (χ2v) is 11.0. The van der Waals surface area contributed by atoms with E-state index in [9.17, 15) is 9.36 Å². The van der Waals surface area contributed by atoms with E-state index in [0.29, 0.717) is 22.5 Å². The van der Waals surface area contributed by atoms with Gasteiger partial charge in [-0.25, -0.2) is 4.98 Å². The lowest BCUT2D eigenvalue weighted by Crippen LogP contribution is -2.32. The molecule has 9 heteroatoms. The van der Waals surface area contributed by atoms with Crippen molar-refractivity contribution in [3.63, 3.8) is 0 Å². The molecular weight excluding hydrogens is 409 g/mol. The Kier molecular flexibility index (Phi) is 6.60. The van der Waals surface area contributed by atoms with Crippen LogP contribution < -0.4 is 21.3 Å². The Morgan fingerprint density at radius 3 is 2.72 bits per heavy atom. The Labute approximate surface area is 175 Å². The number of nitrogens with zero attached hydrogens (tertiary/aromatic N) is 2. The molecule has 2 atom stereocenters. The number of hydrogen-bond donors (Lipinski definition) is 3. The molecule has 0 bridgehead atoms. The molecule has 2 unspecified atom stereocenters. The summed E-state index contributed by atoms with van der Waals surface area (Å²) in [5, 5.41) is 10.5. The van der Waals surface area contributed by atoms with Gasteiger partial charge in [-0.15, -0.1) is 0 Å². The minimum absolute atomic E-state index is 0.109. The van der Waals surface area contributed by atoms with Crippen LogP contribution in [-0.2, 0) is 9.36 Å². The molecule has 3 rings (SSSR count). The van der Waals surface area contributed by atoms with E-state index in [4.69, 9.17) is 11.6 Å². The summed E-state index contributed by atoms with van der Waals surface area (Å²) >= 11 is 6.28. The molecule has 154 valence electrons. The highest BCUT2D eigenvalue weighted by Crippen LogP contribution is 2.38. The van der Waals surface area contributed by atoms with Crippen LogP contribution in [0.15, 0.2) is 43.1 Å². The van der Waals surface area contributed by atoms with Gasteiger partial charge in [0.2, 0.25) is 11.9 Å². The van der Waals surface area contributed by atoms with Gasteiger partial charge in [-0.05, 0) is 50.8 Å². The fourth-order valence-corrected chi connectivity index (χ4v) is 4.68. The molecule has 3 N–H and O–H groups in total. The van der Waals surface area contributed by atoms with Crippen molar-refractivity contribution in [2.75, 3.05) is 24.0 Å². The van der Waals surface area contributed by atoms with Crippen molar-refractivity contribution in [3.8, 4) is 0 Å². The number of carbonyl (C=O) groups excluding carboxylic acids is 1. The van der Waals surface area contributed by atoms with Crippen LogP contribution in [0.4, 0.5) is 17.5 Å². The summed E-state index contributed by atoms with van der Waals surface area (Å²) in [5.41, 5.74) is 0.709. The summed E-state index contributed by atoms with van der Waals surface area (Å²) in [7, 11) is -2.47. The standard InChI is InChI=1S/C20H25ClN5O2P/c1-4-18(27)23-13-9-10-14(11-13)24-20-22-12-15(21)19(26-20)25-16-7-5-6-8-17(16)29(2,3)28/h4-8,12-14H,1,9-11H2,2-3H3,(H,23,27)(H2,22,24,25,26). The maximum absolute atomic E-state index is 12.6. The topological polar surface area (TPSA) is 96.0 Å². The van der Waals surface area contributed by atoms with Crippen LogP contribution in [0.2, 0.25) is 5.02 Å². The van der Waals surface area contributed by atoms with Crippen molar-refractivity contribution in [1.29, 1.82) is 0 Å². The van der Waals surface area contributed by atoms with Crippen molar-refractivity contribution in [1.82, 2.24) is 15.3 Å². The van der Waals surface area contributed by atoms with Gasteiger partial charge in [0.15, 0.2) is 5.82 Å². The third-order valence-electron chi connectivity index (χ3n) is 4.78. The van der Waals surface area contributed by atoms with E-state index in [1.54, 1.807) is 13.3 Å². The summed E-state index contributed by atoms with van der Waals surface area (Å²) in [6.07, 6.45) is 5.38. The molecule has 1 aromatic carbocycles. The minimum atomic E-state index is -2.47. The van der Waals surface area contributed by atoms with Crippen LogP contribution in [0.5, 0.6) is 0 Å². The predicted octanol–water partition coefficient (Wildman–Crippen LogP) is 3.76. The van der Waals surface area contributed by atoms with E-state index in [-0.39, 0.29) is 18.0 Å². The average Bonchev–Trinajstić information content (AvgIpc) is 3.10. The van der Waals surface area contributed by atoms with Gasteiger partial charge in [-0.2, -0.15) is 4.98 Å². The first-order valence-electron chi connectivity index (χ1n) is 9.40. The maximum atomic E-state index is 12.6. The lowest BCUT2D eigenvalue weighted by molar-refractivity contribution is -0.117. The number of halogens is 1. The Morgan fingerprint density at radius 2 is 2.00 bits per heavy atom. The minimum Gasteiger partial charge on any atom is -0.351 e. The SMILES string of the molecule is C=CC(=O)NC1CCC(Nc2ncc(Cl)c(Nc3ccccc3P(C)(C)=O)n2)C1. The lowest BCUT2D eigenvalue weighted by atomic mass is 10.2. The number of amides is 1. The number of rotatable bonds is 7. The zero-order valence-electron chi connectivity index (χ0n) is 16.5. The fourth-order valence-electron chi connectivity index (χ4n) is 3.39. The largest absolute Gasteiger partial charge is 0.351 e. The van der Waals surface area contributed by atoms with Gasteiger partial charge in [-0.1, -0.05) is 30.3 Å². The molecule has 1 heterocycles. The van der Waals surface area contributed by atoms with Crippen molar-refractivity contribution < 1.29 is 9.36 Å². The van der Waals surface area contributed by atoms with E-state index in [1.807, 2.05) is 24.3 Å². The smallest absolute Gasteiger partial charge is 0.243 e. The summed E-state index contributed by atoms with van der Waals surface area (Å²) in [5.74, 6) is 0.735. The van der Waals surface area contributed by atoms with E-state index in [1.165, 1.54) is 12.3 Å². The molecule has 7 nitrogen and oxygen atoms in total. The summed E-state index contributed by atoms with van der Waals surface area (Å²) in [4.78, 5) is 20.2. The first kappa shape index (κ1) is 21.3. The highest BCUT2D eigenvalue weighted by molar-refractivity contribution is 7.70. The molecule has 0 saturated heterocycles. The van der Waals surface area contributed by atoms with Gasteiger partial charge in [0.25, 0.3) is 0 Å². The second kappa shape index (κ2) is 8.97. The van der Waals surface area contributed by atoms with Crippen molar-refractivity contribution in [3.05, 3.63) is 48.1 Å². The molecule has 1 saturated carbocycles. The Balaban J connectivity index is 1.72. The van der Waals surface area contributed by atoms with Crippen molar-refractivity contribution in [2.45, 2.75) is 31.3 Å². The Bertz CT molecular complexity index is 962. The van der Waals surface area contributed by atoms with E-state index < -0.39 is 7.14 Å². The molecule has 29 heavy (non-hydrogen) atoms. The van der Waals surface area contributed by atoms with Gasteiger partial charge in [0.1, 0.15) is 12.2 Å². The average molecular weight is 434 g/mol. The quantitative estimate of drug-likeness (QED) is 0.454. The molecule has 1 fully saturated rings. The van der Waals surface area contributed by atoms with Gasteiger partial charge in [0, 0.05) is 17.4 Å². The molecule has 1 aromatic heterocycles. The number of carbonyl (C=O) groups is 1. The Hall–Kier alpha value is -2.37. The zero-order valence-corrected chi connectivity index (χ0v) is 18.1. The fraction of sp³-hybridized carbons (Fsp3) is 0.350. The number of nitrogens with one attached hydrogen (secondary N) is 3. The highest BCUT2D eigenvalue weighted by atomic mass is 35.5. The van der Waals surface area contributed by atoms with Gasteiger partial charge >= 0.3 is 0 Å². The van der Waals surface area contributed by atoms with Crippen LogP contribution >= 0.6 is 18.7 Å². The van der Waals surface area contributed by atoms with E-state index in [0.717, 1.165) is 24.6 Å². The van der Waals surface area contributed by atoms with Crippen LogP contribution in [0.25, 0.3) is 0 Å². The van der Waals surface area contributed by atoms with E-state index >= 15 is 0 Å². The number of benzene rings is 1. The van der Waals surface area contributed by atoms with Crippen LogP contribution in [0.1, 0.15) is 19.3 Å². The first-order valence-corrected chi connectivity index (χ1v) is 12.4. The van der Waals surface area contributed by atoms with Crippen molar-refractivity contribution >= 4 is 47.4 Å². The molecule has 1 aliphatic rings. The summed E-state index contributed by atoms with van der Waals surface area (Å²) in [6, 6.07) is 7.68. The third-order valence-corrected chi connectivity index (χ3v) is 6.61. The second-order valence-electron chi connectivity index (χ2n) is 7.45. The monoisotopic (exact) mass is 433 g/mol. The number of aromatic nitrogens is 2. The molecule has 1 aliphatic carbocycles. The maximum Gasteiger partial charge on any atom is 0.243 e. The van der Waals surface area contributed by atoms with Gasteiger partial charge < -0.3 is 20.5 Å². The van der Waals surface area contributed by atoms with Crippen LogP contribution in [0, 0.1) is 0 Å². The Morgan fingerprint density at radius 1 is 1.28 bits per heavy atom. The van der Waals surface area contributed by atoms with Crippen molar-refractivity contribution in [2.24, 2.45) is 0 Å². The third kappa shape index (κ3) is 5.58. The predicted molar refractivity (Wildman–Crippen MR) is 119 cm³/mol. The molecule has 2 aromatic rings. The molecule has 0 aliphatic heterocycles. The molecule has 1 amide bonds. The number of para-hydroxylation sites is 1. The first-order chi connectivity index (χ1) is 13.8. The summed E-state index contributed by atoms with van der Waals surface area (Å²) < 4.78 is 12.6. The van der Waals surface area contributed by atoms with Crippen LogP contribution in [-0.4, -0.2) is 41.3 Å². The number of anilines is 3. The van der Waals surface area contributed by atoms with E-state index in [2.05, 4.69) is 32.5 Å². The van der Waals surface area contributed by atoms with Gasteiger partial charge in [0.05, 0.1) is 11.9 Å². The molecule has 0 spiro atoms. The van der Waals surface area contributed by atoms with Gasteiger partial charge in [-0.3, -0.25) is 4.79 Å². The zero-order chi connectivity index (χ0) is 21.0. The van der Waals surface area contributed by atoms with Crippen LogP contribution in [0.3, 0.4) is 0 Å². The highest BCUT2D eigenvalue weighted by Gasteiger charge is 2.26. The molecular formula is C20H25ClN5O2P. The lowest BCUT2D eigenvalue weighted by Gasteiger charge is -2.17.